The summed E-state index contributed by atoms with van der Waals surface area (Å²) in [5, 5.41) is 6.27. The number of thioether (sulfide) groups is 1. The number of amides is 1. The molecule has 0 aliphatic heterocycles. The van der Waals surface area contributed by atoms with Gasteiger partial charge in [0.05, 0.1) is 5.25 Å². The molecule has 0 radical (unpaired) electrons. The molecule has 0 saturated carbocycles. The normalized spacial score (nSPS) is 14.1. The summed E-state index contributed by atoms with van der Waals surface area (Å²) in [6, 6.07) is 8.92. The van der Waals surface area contributed by atoms with Gasteiger partial charge in [0.25, 0.3) is 0 Å². The summed E-state index contributed by atoms with van der Waals surface area (Å²) in [7, 11) is 0. The first-order chi connectivity index (χ1) is 9.43. The summed E-state index contributed by atoms with van der Waals surface area (Å²) in [6.45, 7) is 11.1. The number of carbonyl (C=O) groups excluding carboxylic acids is 1. The molecule has 20 heavy (non-hydrogen) atoms. The predicted molar refractivity (Wildman–Crippen MR) is 87.1 cm³/mol. The minimum atomic E-state index is -0.0814. The van der Waals surface area contributed by atoms with Crippen LogP contribution in [0.15, 0.2) is 29.2 Å². The Hall–Kier alpha value is -1.00. The molecule has 1 amide bonds. The molecular weight excluding hydrogens is 268 g/mol. The number of hydrogen-bond donors (Lipinski definition) is 2. The van der Waals surface area contributed by atoms with E-state index in [1.807, 2.05) is 20.8 Å². The maximum atomic E-state index is 11.9. The van der Waals surface area contributed by atoms with Gasteiger partial charge >= 0.3 is 0 Å². The quantitative estimate of drug-likeness (QED) is 0.758. The van der Waals surface area contributed by atoms with Crippen LogP contribution in [0.25, 0.3) is 0 Å². The van der Waals surface area contributed by atoms with Gasteiger partial charge in [0.2, 0.25) is 5.91 Å². The van der Waals surface area contributed by atoms with E-state index < -0.39 is 0 Å². The van der Waals surface area contributed by atoms with Crippen LogP contribution in [-0.2, 0) is 4.79 Å². The van der Waals surface area contributed by atoms with E-state index in [2.05, 4.69) is 48.7 Å². The summed E-state index contributed by atoms with van der Waals surface area (Å²) >= 11 is 1.60. The molecule has 0 fully saturated rings. The van der Waals surface area contributed by atoms with Gasteiger partial charge < -0.3 is 10.6 Å². The second-order valence-electron chi connectivity index (χ2n) is 5.28. The molecule has 2 unspecified atom stereocenters. The van der Waals surface area contributed by atoms with E-state index in [1.165, 1.54) is 5.56 Å². The molecule has 0 heterocycles. The number of benzene rings is 1. The Morgan fingerprint density at radius 3 is 2.55 bits per heavy atom. The molecule has 0 aliphatic carbocycles. The first kappa shape index (κ1) is 17.1. The lowest BCUT2D eigenvalue weighted by Gasteiger charge is -2.16. The summed E-state index contributed by atoms with van der Waals surface area (Å²) in [5.41, 5.74) is 1.26. The minimum absolute atomic E-state index is 0.0814. The highest BCUT2D eigenvalue weighted by Crippen LogP contribution is 2.26. The molecule has 0 aromatic heterocycles. The minimum Gasteiger partial charge on any atom is -0.353 e. The van der Waals surface area contributed by atoms with Crippen molar-refractivity contribution in [1.29, 1.82) is 0 Å². The average Bonchev–Trinajstić information content (AvgIpc) is 2.38. The number of nitrogens with one attached hydrogen (secondary N) is 2. The highest BCUT2D eigenvalue weighted by molar-refractivity contribution is 8.00. The topological polar surface area (TPSA) is 41.1 Å². The standard InChI is InChI=1S/C16H26N2OS/c1-6-17-12(4)14-8-7-9-15(10-14)20-13(5)16(19)18-11(2)3/h7-13,17H,6H2,1-5H3,(H,18,19). The Kier molecular flexibility index (Phi) is 7.10. The van der Waals surface area contributed by atoms with Gasteiger partial charge in [0.1, 0.15) is 0 Å². The smallest absolute Gasteiger partial charge is 0.233 e. The van der Waals surface area contributed by atoms with Crippen LogP contribution < -0.4 is 10.6 Å². The molecule has 2 N–H and O–H groups in total. The van der Waals surface area contributed by atoms with Crippen molar-refractivity contribution in [3.63, 3.8) is 0 Å². The van der Waals surface area contributed by atoms with Crippen LogP contribution in [0.2, 0.25) is 0 Å². The van der Waals surface area contributed by atoms with E-state index in [0.29, 0.717) is 6.04 Å². The third-order valence-corrected chi connectivity index (χ3v) is 4.08. The van der Waals surface area contributed by atoms with Gasteiger partial charge in [0, 0.05) is 17.0 Å². The summed E-state index contributed by atoms with van der Waals surface area (Å²) in [4.78, 5) is 13.1. The van der Waals surface area contributed by atoms with Gasteiger partial charge in [-0.25, -0.2) is 0 Å². The van der Waals surface area contributed by atoms with Gasteiger partial charge in [-0.1, -0.05) is 19.1 Å². The molecule has 1 aromatic rings. The third-order valence-electron chi connectivity index (χ3n) is 2.98. The Labute approximate surface area is 126 Å². The van der Waals surface area contributed by atoms with Crippen LogP contribution in [0, 0.1) is 0 Å². The zero-order valence-corrected chi connectivity index (χ0v) is 13.9. The van der Waals surface area contributed by atoms with Crippen molar-refractivity contribution in [3.05, 3.63) is 29.8 Å². The van der Waals surface area contributed by atoms with E-state index in [0.717, 1.165) is 11.4 Å². The van der Waals surface area contributed by atoms with Crippen molar-refractivity contribution in [2.45, 2.75) is 56.8 Å². The van der Waals surface area contributed by atoms with Crippen molar-refractivity contribution in [1.82, 2.24) is 10.6 Å². The van der Waals surface area contributed by atoms with Gasteiger partial charge in [0.15, 0.2) is 0 Å². The van der Waals surface area contributed by atoms with Crippen molar-refractivity contribution < 1.29 is 4.79 Å². The molecule has 4 heteroatoms. The van der Waals surface area contributed by atoms with Crippen molar-refractivity contribution in [3.8, 4) is 0 Å². The Morgan fingerprint density at radius 1 is 1.25 bits per heavy atom. The van der Waals surface area contributed by atoms with E-state index in [-0.39, 0.29) is 17.2 Å². The fraction of sp³-hybridized carbons (Fsp3) is 0.562. The van der Waals surface area contributed by atoms with Gasteiger partial charge in [-0.15, -0.1) is 11.8 Å². The maximum Gasteiger partial charge on any atom is 0.233 e. The van der Waals surface area contributed by atoms with Crippen molar-refractivity contribution in [2.75, 3.05) is 6.54 Å². The van der Waals surface area contributed by atoms with Crippen molar-refractivity contribution in [2.24, 2.45) is 0 Å². The fourth-order valence-electron chi connectivity index (χ4n) is 1.94. The molecule has 3 nitrogen and oxygen atoms in total. The second kappa shape index (κ2) is 8.32. The van der Waals surface area contributed by atoms with E-state index in [9.17, 15) is 4.79 Å². The number of hydrogen-bond acceptors (Lipinski definition) is 3. The first-order valence-electron chi connectivity index (χ1n) is 7.24. The summed E-state index contributed by atoms with van der Waals surface area (Å²) < 4.78 is 0. The maximum absolute atomic E-state index is 11.9. The monoisotopic (exact) mass is 294 g/mol. The molecule has 112 valence electrons. The summed E-state index contributed by atoms with van der Waals surface area (Å²) in [5.74, 6) is 0.0927. The lowest BCUT2D eigenvalue weighted by Crippen LogP contribution is -2.35. The highest BCUT2D eigenvalue weighted by Gasteiger charge is 2.15. The van der Waals surface area contributed by atoms with Crippen LogP contribution in [0.5, 0.6) is 0 Å². The molecule has 0 saturated heterocycles. The fourth-order valence-corrected chi connectivity index (χ4v) is 2.89. The largest absolute Gasteiger partial charge is 0.353 e. The molecule has 0 spiro atoms. The Morgan fingerprint density at radius 2 is 1.95 bits per heavy atom. The SMILES string of the molecule is CCNC(C)c1cccc(SC(C)C(=O)NC(C)C)c1. The number of carbonyl (C=O) groups is 1. The summed E-state index contributed by atoms with van der Waals surface area (Å²) in [6.07, 6.45) is 0. The van der Waals surface area contributed by atoms with Crippen LogP contribution in [0.3, 0.4) is 0 Å². The number of rotatable bonds is 7. The molecule has 0 bridgehead atoms. The van der Waals surface area contributed by atoms with Crippen LogP contribution in [0.1, 0.15) is 46.2 Å². The second-order valence-corrected chi connectivity index (χ2v) is 6.69. The predicted octanol–water partition coefficient (Wildman–Crippen LogP) is 3.36. The molecule has 1 aromatic carbocycles. The molecule has 2 atom stereocenters. The zero-order valence-electron chi connectivity index (χ0n) is 13.1. The van der Waals surface area contributed by atoms with Crippen molar-refractivity contribution >= 4 is 17.7 Å². The van der Waals surface area contributed by atoms with E-state index >= 15 is 0 Å². The Bertz CT molecular complexity index is 434. The van der Waals surface area contributed by atoms with Gasteiger partial charge in [-0.2, -0.15) is 0 Å². The lowest BCUT2D eigenvalue weighted by molar-refractivity contribution is -0.120. The average molecular weight is 294 g/mol. The molecular formula is C16H26N2OS. The lowest BCUT2D eigenvalue weighted by atomic mass is 10.1. The van der Waals surface area contributed by atoms with Gasteiger partial charge in [-0.05, 0) is 51.9 Å². The first-order valence-corrected chi connectivity index (χ1v) is 8.12. The van der Waals surface area contributed by atoms with E-state index in [4.69, 9.17) is 0 Å². The zero-order chi connectivity index (χ0) is 15.1. The van der Waals surface area contributed by atoms with Gasteiger partial charge in [-0.3, -0.25) is 4.79 Å². The van der Waals surface area contributed by atoms with Crippen LogP contribution >= 0.6 is 11.8 Å². The highest BCUT2D eigenvalue weighted by atomic mass is 32.2. The van der Waals surface area contributed by atoms with Crippen LogP contribution in [-0.4, -0.2) is 23.7 Å². The van der Waals surface area contributed by atoms with E-state index in [1.54, 1.807) is 11.8 Å². The molecule has 1 rings (SSSR count). The van der Waals surface area contributed by atoms with Crippen LogP contribution in [0.4, 0.5) is 0 Å². The molecule has 0 aliphatic rings. The third kappa shape index (κ3) is 5.55. The Balaban J connectivity index is 2.68.